The van der Waals surface area contributed by atoms with E-state index in [0.717, 1.165) is 19.3 Å². The summed E-state index contributed by atoms with van der Waals surface area (Å²) in [5.74, 6) is -0.849. The Morgan fingerprint density at radius 1 is 1.44 bits per heavy atom. The Hall–Kier alpha value is -2.33. The van der Waals surface area contributed by atoms with Gasteiger partial charge in [-0.3, -0.25) is 14.5 Å². The van der Waals surface area contributed by atoms with Crippen LogP contribution in [0, 0.1) is 5.92 Å². The van der Waals surface area contributed by atoms with Crippen molar-refractivity contribution >= 4 is 51.6 Å². The Morgan fingerprint density at radius 2 is 2.22 bits per heavy atom. The molecule has 2 amide bonds. The third-order valence-electron chi connectivity index (χ3n) is 4.75. The summed E-state index contributed by atoms with van der Waals surface area (Å²) in [5, 5.41) is 13.7. The standard InChI is InChI=1S/C17H18N4O4S2/c18-17-19-10(7-27-17)9(4-3-8-1-2-8)13(22)20-12-14(23)21-11(16(24)25)5-6-26-15(12)21/h4-5,7-8,12,15H,1-3,6H2,(H2,18,19)(H,20,22)(H,24,25)/b9-4-. The number of hydrogen-bond donors (Lipinski definition) is 3. The second-order valence-corrected chi connectivity index (χ2v) is 8.68. The molecular formula is C17H18N4O4S2. The number of thioether (sulfide) groups is 1. The van der Waals surface area contributed by atoms with Gasteiger partial charge in [-0.2, -0.15) is 0 Å². The molecule has 1 aliphatic carbocycles. The molecule has 1 saturated heterocycles. The highest BCUT2D eigenvalue weighted by molar-refractivity contribution is 8.00. The van der Waals surface area contributed by atoms with Crippen molar-refractivity contribution in [2.45, 2.75) is 30.7 Å². The number of hydrogen-bond acceptors (Lipinski definition) is 7. The zero-order valence-electron chi connectivity index (χ0n) is 14.3. The molecule has 1 aromatic rings. The zero-order valence-corrected chi connectivity index (χ0v) is 15.9. The molecule has 4 N–H and O–H groups in total. The third-order valence-corrected chi connectivity index (χ3v) is 6.60. The minimum atomic E-state index is -1.14. The summed E-state index contributed by atoms with van der Waals surface area (Å²) in [6, 6.07) is -0.745. The summed E-state index contributed by atoms with van der Waals surface area (Å²) in [6.07, 6.45) is 6.47. The number of anilines is 1. The van der Waals surface area contributed by atoms with Gasteiger partial charge in [-0.05, 0) is 31.3 Å². The van der Waals surface area contributed by atoms with Crippen LogP contribution in [0.15, 0.2) is 23.2 Å². The zero-order chi connectivity index (χ0) is 19.1. The first-order valence-corrected chi connectivity index (χ1v) is 10.5. The molecule has 0 spiro atoms. The number of fused-ring (bicyclic) bond motifs is 1. The minimum Gasteiger partial charge on any atom is -0.477 e. The molecule has 4 rings (SSSR count). The van der Waals surface area contributed by atoms with Gasteiger partial charge in [0.1, 0.15) is 17.1 Å². The van der Waals surface area contributed by atoms with Crippen LogP contribution in [-0.4, -0.2) is 49.9 Å². The van der Waals surface area contributed by atoms with Gasteiger partial charge in [0.15, 0.2) is 5.13 Å². The van der Waals surface area contributed by atoms with Crippen molar-refractivity contribution in [3.63, 3.8) is 0 Å². The monoisotopic (exact) mass is 406 g/mol. The molecule has 3 heterocycles. The largest absolute Gasteiger partial charge is 0.477 e. The van der Waals surface area contributed by atoms with E-state index in [1.807, 2.05) is 6.08 Å². The van der Waals surface area contributed by atoms with Crippen LogP contribution in [0.5, 0.6) is 0 Å². The normalized spacial score (nSPS) is 24.7. The molecule has 2 fully saturated rings. The molecule has 27 heavy (non-hydrogen) atoms. The minimum absolute atomic E-state index is 0.0222. The SMILES string of the molecule is Nc1nc(/C(=C/CC2CC2)C(=O)NC2C(=O)N3C(C(=O)O)=CCSC23)cs1. The number of nitrogen functional groups attached to an aromatic ring is 1. The fraction of sp³-hybridized carbons (Fsp3) is 0.412. The third kappa shape index (κ3) is 3.46. The molecule has 2 atom stereocenters. The van der Waals surface area contributed by atoms with E-state index in [9.17, 15) is 19.5 Å². The molecule has 1 aromatic heterocycles. The van der Waals surface area contributed by atoms with Gasteiger partial charge in [0.25, 0.3) is 11.8 Å². The van der Waals surface area contributed by atoms with Crippen molar-refractivity contribution in [2.75, 3.05) is 11.5 Å². The van der Waals surface area contributed by atoms with Crippen LogP contribution < -0.4 is 11.1 Å². The maximum absolute atomic E-state index is 12.9. The summed E-state index contributed by atoms with van der Waals surface area (Å²) in [5.41, 5.74) is 6.59. The van der Waals surface area contributed by atoms with E-state index in [1.54, 1.807) is 5.38 Å². The number of amides is 2. The Labute approximate surface area is 163 Å². The van der Waals surface area contributed by atoms with Crippen molar-refractivity contribution < 1.29 is 19.5 Å². The molecular weight excluding hydrogens is 388 g/mol. The highest BCUT2D eigenvalue weighted by Crippen LogP contribution is 2.38. The van der Waals surface area contributed by atoms with Crippen molar-refractivity contribution in [1.29, 1.82) is 0 Å². The lowest BCUT2D eigenvalue weighted by atomic mass is 10.0. The smallest absolute Gasteiger partial charge is 0.352 e. The molecule has 8 nitrogen and oxygen atoms in total. The average molecular weight is 406 g/mol. The summed E-state index contributed by atoms with van der Waals surface area (Å²) in [7, 11) is 0. The van der Waals surface area contributed by atoms with Crippen LogP contribution in [-0.2, 0) is 14.4 Å². The van der Waals surface area contributed by atoms with Crippen molar-refractivity contribution in [2.24, 2.45) is 5.92 Å². The van der Waals surface area contributed by atoms with Crippen LogP contribution in [0.2, 0.25) is 0 Å². The van der Waals surface area contributed by atoms with E-state index >= 15 is 0 Å². The predicted octanol–water partition coefficient (Wildman–Crippen LogP) is 1.28. The quantitative estimate of drug-likeness (QED) is 0.480. The number of aromatic nitrogens is 1. The number of rotatable bonds is 6. The van der Waals surface area contributed by atoms with Crippen molar-refractivity contribution in [3.8, 4) is 0 Å². The fourth-order valence-electron chi connectivity index (χ4n) is 3.12. The first kappa shape index (κ1) is 18.1. The highest BCUT2D eigenvalue weighted by Gasteiger charge is 2.52. The fourth-order valence-corrected chi connectivity index (χ4v) is 4.88. The van der Waals surface area contributed by atoms with Crippen LogP contribution in [0.25, 0.3) is 5.57 Å². The summed E-state index contributed by atoms with van der Waals surface area (Å²) in [4.78, 5) is 42.0. The first-order chi connectivity index (χ1) is 13.0. The summed E-state index contributed by atoms with van der Waals surface area (Å²) >= 11 is 2.68. The van der Waals surface area contributed by atoms with E-state index < -0.39 is 23.3 Å². The Balaban J connectivity index is 1.50. The van der Waals surface area contributed by atoms with E-state index in [1.165, 1.54) is 34.1 Å². The van der Waals surface area contributed by atoms with E-state index in [0.29, 0.717) is 28.1 Å². The lowest BCUT2D eigenvalue weighted by Crippen LogP contribution is -2.70. The molecule has 1 saturated carbocycles. The number of nitrogens with zero attached hydrogens (tertiary/aromatic N) is 2. The average Bonchev–Trinajstić information content (AvgIpc) is 3.38. The number of β-lactam (4-membered cyclic amide) rings is 1. The number of carbonyl (C=O) groups is 3. The molecule has 3 aliphatic rings. The van der Waals surface area contributed by atoms with Gasteiger partial charge >= 0.3 is 5.97 Å². The lowest BCUT2D eigenvalue weighted by Gasteiger charge is -2.48. The topological polar surface area (TPSA) is 126 Å². The van der Waals surface area contributed by atoms with Gasteiger partial charge in [-0.25, -0.2) is 9.78 Å². The van der Waals surface area contributed by atoms with Gasteiger partial charge in [0.05, 0.1) is 11.3 Å². The van der Waals surface area contributed by atoms with Crippen molar-refractivity contribution in [1.82, 2.24) is 15.2 Å². The second-order valence-electron chi connectivity index (χ2n) is 6.65. The number of allylic oxidation sites excluding steroid dienone is 1. The maximum Gasteiger partial charge on any atom is 0.352 e. The first-order valence-electron chi connectivity index (χ1n) is 8.56. The van der Waals surface area contributed by atoms with Crippen LogP contribution >= 0.6 is 23.1 Å². The van der Waals surface area contributed by atoms with Gasteiger partial charge in [0, 0.05) is 11.1 Å². The number of carboxylic acid groups (broad SMARTS) is 1. The molecule has 10 heteroatoms. The van der Waals surface area contributed by atoms with Gasteiger partial charge < -0.3 is 16.2 Å². The summed E-state index contributed by atoms with van der Waals surface area (Å²) < 4.78 is 0. The van der Waals surface area contributed by atoms with E-state index in [4.69, 9.17) is 5.73 Å². The highest BCUT2D eigenvalue weighted by atomic mass is 32.2. The molecule has 2 unspecified atom stereocenters. The van der Waals surface area contributed by atoms with Gasteiger partial charge in [0.2, 0.25) is 0 Å². The summed E-state index contributed by atoms with van der Waals surface area (Å²) in [6.45, 7) is 0. The Bertz CT molecular complexity index is 874. The molecule has 0 radical (unpaired) electrons. The number of nitrogens with one attached hydrogen (secondary N) is 1. The van der Waals surface area contributed by atoms with Crippen LogP contribution in [0.3, 0.4) is 0 Å². The number of aliphatic carboxylic acids is 1. The molecule has 0 aromatic carbocycles. The maximum atomic E-state index is 12.9. The predicted molar refractivity (Wildman–Crippen MR) is 103 cm³/mol. The second kappa shape index (κ2) is 7.01. The van der Waals surface area contributed by atoms with Crippen molar-refractivity contribution in [3.05, 3.63) is 28.9 Å². The van der Waals surface area contributed by atoms with Crippen LogP contribution in [0.1, 0.15) is 25.0 Å². The number of thiazole rings is 1. The molecule has 142 valence electrons. The Morgan fingerprint density at radius 3 is 2.85 bits per heavy atom. The van der Waals surface area contributed by atoms with Gasteiger partial charge in [-0.1, -0.05) is 6.08 Å². The number of nitrogens with two attached hydrogens (primary N) is 1. The number of carbonyl (C=O) groups excluding carboxylic acids is 2. The number of carboxylic acids is 1. The Kier molecular flexibility index (Phi) is 4.68. The molecule has 0 bridgehead atoms. The van der Waals surface area contributed by atoms with Gasteiger partial charge in [-0.15, -0.1) is 23.1 Å². The van der Waals surface area contributed by atoms with Crippen LogP contribution in [0.4, 0.5) is 5.13 Å². The molecule has 2 aliphatic heterocycles. The van der Waals surface area contributed by atoms with E-state index in [2.05, 4.69) is 10.3 Å². The lowest BCUT2D eigenvalue weighted by molar-refractivity contribution is -0.150. The van der Waals surface area contributed by atoms with E-state index in [-0.39, 0.29) is 11.6 Å².